The molecule has 9 heteroatoms. The van der Waals surface area contributed by atoms with E-state index in [0.29, 0.717) is 33.6 Å². The minimum absolute atomic E-state index is 0.0704. The maximum absolute atomic E-state index is 13.6. The summed E-state index contributed by atoms with van der Waals surface area (Å²) < 4.78 is 13.6. The number of benzene rings is 3. The molecule has 1 heterocycles. The number of para-hydroxylation sites is 1. The number of anilines is 4. The van der Waals surface area contributed by atoms with E-state index in [2.05, 4.69) is 32.5 Å². The van der Waals surface area contributed by atoms with Gasteiger partial charge in [0.25, 0.3) is 0 Å². The van der Waals surface area contributed by atoms with Gasteiger partial charge in [0, 0.05) is 22.4 Å². The highest BCUT2D eigenvalue weighted by molar-refractivity contribution is 7.99. The van der Waals surface area contributed by atoms with Crippen LogP contribution in [-0.2, 0) is 9.59 Å². The lowest BCUT2D eigenvalue weighted by atomic mass is 10.2. The van der Waals surface area contributed by atoms with Crippen LogP contribution in [-0.4, -0.2) is 27.5 Å². The van der Waals surface area contributed by atoms with E-state index in [1.807, 2.05) is 24.3 Å². The molecular weight excluding hydrogens is 453 g/mol. The number of nitrogens with zero attached hydrogens (tertiary/aromatic N) is 2. The number of fused-ring (bicyclic) bond motifs is 1. The minimum atomic E-state index is -0.359. The van der Waals surface area contributed by atoms with Crippen LogP contribution in [0.1, 0.15) is 0 Å². The van der Waals surface area contributed by atoms with E-state index in [1.54, 1.807) is 36.4 Å². The Bertz CT molecular complexity index is 1380. The molecule has 3 aromatic carbocycles. The highest BCUT2D eigenvalue weighted by atomic mass is 32.2. The van der Waals surface area contributed by atoms with Crippen molar-refractivity contribution in [2.45, 2.75) is 5.16 Å². The maximum Gasteiger partial charge on any atom is 0.247 e. The molecule has 1 aromatic heterocycles. The Morgan fingerprint density at radius 3 is 2.44 bits per heavy atom. The number of hydrogen-bond acceptors (Lipinski definition) is 6. The molecule has 4 aromatic rings. The van der Waals surface area contributed by atoms with Crippen molar-refractivity contribution in [3.05, 3.63) is 91.3 Å². The predicted molar refractivity (Wildman–Crippen MR) is 134 cm³/mol. The molecule has 34 heavy (non-hydrogen) atoms. The Morgan fingerprint density at radius 1 is 0.912 bits per heavy atom. The van der Waals surface area contributed by atoms with Crippen molar-refractivity contribution < 1.29 is 14.0 Å². The van der Waals surface area contributed by atoms with E-state index in [-0.39, 0.29) is 23.4 Å². The van der Waals surface area contributed by atoms with E-state index in [0.717, 1.165) is 5.39 Å². The lowest BCUT2D eigenvalue weighted by Crippen LogP contribution is -2.15. The molecule has 0 spiro atoms. The van der Waals surface area contributed by atoms with Crippen molar-refractivity contribution >= 4 is 57.4 Å². The highest BCUT2D eigenvalue weighted by Gasteiger charge is 2.11. The average Bonchev–Trinajstić information content (AvgIpc) is 2.83. The topological polar surface area (TPSA) is 96.0 Å². The van der Waals surface area contributed by atoms with Crippen molar-refractivity contribution in [3.63, 3.8) is 0 Å². The summed E-state index contributed by atoms with van der Waals surface area (Å²) in [5, 5.41) is 9.75. The zero-order chi connectivity index (χ0) is 23.9. The zero-order valence-corrected chi connectivity index (χ0v) is 18.7. The summed E-state index contributed by atoms with van der Waals surface area (Å²) in [5.74, 6) is -0.364. The van der Waals surface area contributed by atoms with Crippen LogP contribution in [0, 0.1) is 5.82 Å². The van der Waals surface area contributed by atoms with E-state index in [4.69, 9.17) is 0 Å². The SMILES string of the molecule is C=CC(=O)Nc1cccc(NC(=O)CSc2nc(Nc3cccc(F)c3)c3ccccc3n2)c1. The second-order valence-electron chi connectivity index (χ2n) is 7.12. The Morgan fingerprint density at radius 2 is 1.65 bits per heavy atom. The summed E-state index contributed by atoms with van der Waals surface area (Å²) in [6.07, 6.45) is 1.17. The Labute approximate surface area is 199 Å². The average molecular weight is 474 g/mol. The fourth-order valence-electron chi connectivity index (χ4n) is 3.11. The van der Waals surface area contributed by atoms with Crippen LogP contribution >= 0.6 is 11.8 Å². The first-order valence-corrected chi connectivity index (χ1v) is 11.2. The van der Waals surface area contributed by atoms with Gasteiger partial charge < -0.3 is 16.0 Å². The number of nitrogens with one attached hydrogen (secondary N) is 3. The fraction of sp³-hybridized carbons (Fsp3) is 0.0400. The first-order valence-electron chi connectivity index (χ1n) is 10.3. The van der Waals surface area contributed by atoms with E-state index in [1.165, 1.54) is 30.0 Å². The number of carbonyl (C=O) groups is 2. The van der Waals surface area contributed by atoms with Crippen molar-refractivity contribution in [1.82, 2.24) is 9.97 Å². The van der Waals surface area contributed by atoms with Crippen LogP contribution in [0.2, 0.25) is 0 Å². The number of aromatic nitrogens is 2. The summed E-state index contributed by atoms with van der Waals surface area (Å²) in [7, 11) is 0. The van der Waals surface area contributed by atoms with Gasteiger partial charge >= 0.3 is 0 Å². The molecule has 0 aliphatic heterocycles. The molecule has 170 valence electrons. The normalized spacial score (nSPS) is 10.5. The maximum atomic E-state index is 13.6. The van der Waals surface area contributed by atoms with E-state index in [9.17, 15) is 14.0 Å². The molecule has 0 saturated carbocycles. The van der Waals surface area contributed by atoms with Gasteiger partial charge in [-0.3, -0.25) is 9.59 Å². The molecule has 0 bridgehead atoms. The van der Waals surface area contributed by atoms with Gasteiger partial charge in [0.05, 0.1) is 11.3 Å². The summed E-state index contributed by atoms with van der Waals surface area (Å²) in [6.45, 7) is 3.42. The monoisotopic (exact) mass is 473 g/mol. The summed E-state index contributed by atoms with van der Waals surface area (Å²) >= 11 is 1.18. The molecule has 0 saturated heterocycles. The molecule has 0 aliphatic carbocycles. The van der Waals surface area contributed by atoms with Gasteiger partial charge in [-0.15, -0.1) is 0 Å². The largest absolute Gasteiger partial charge is 0.339 e. The Hall–Kier alpha value is -4.24. The van der Waals surface area contributed by atoms with Crippen LogP contribution in [0.5, 0.6) is 0 Å². The van der Waals surface area contributed by atoms with Crippen molar-refractivity contribution in [1.29, 1.82) is 0 Å². The molecule has 0 fully saturated rings. The number of amides is 2. The van der Waals surface area contributed by atoms with E-state index >= 15 is 0 Å². The van der Waals surface area contributed by atoms with Crippen molar-refractivity contribution in [3.8, 4) is 0 Å². The minimum Gasteiger partial charge on any atom is -0.339 e. The lowest BCUT2D eigenvalue weighted by Gasteiger charge is -2.11. The van der Waals surface area contributed by atoms with Gasteiger partial charge in [0.15, 0.2) is 5.16 Å². The van der Waals surface area contributed by atoms with E-state index < -0.39 is 0 Å². The smallest absolute Gasteiger partial charge is 0.247 e. The zero-order valence-electron chi connectivity index (χ0n) is 17.9. The van der Waals surface area contributed by atoms with Crippen LogP contribution in [0.25, 0.3) is 10.9 Å². The van der Waals surface area contributed by atoms with Gasteiger partial charge in [0.2, 0.25) is 11.8 Å². The number of hydrogen-bond donors (Lipinski definition) is 3. The summed E-state index contributed by atoms with van der Waals surface area (Å²) in [6, 6.07) is 20.4. The van der Waals surface area contributed by atoms with Crippen LogP contribution in [0.3, 0.4) is 0 Å². The lowest BCUT2D eigenvalue weighted by molar-refractivity contribution is -0.114. The second kappa shape index (κ2) is 10.6. The summed E-state index contributed by atoms with van der Waals surface area (Å²) in [5.41, 5.74) is 2.34. The van der Waals surface area contributed by atoms with Gasteiger partial charge in [-0.05, 0) is 54.6 Å². The molecule has 7 nitrogen and oxygen atoms in total. The Kier molecular flexibility index (Phi) is 7.14. The Balaban J connectivity index is 1.47. The standard InChI is InChI=1S/C25H20FN5O2S/c1-2-22(32)27-18-9-6-10-19(14-18)28-23(33)15-34-25-30-21-12-4-3-11-20(21)24(31-25)29-17-8-5-7-16(26)13-17/h2-14H,1,15H2,(H,27,32)(H,28,33)(H,29,30,31). The number of rotatable bonds is 8. The first kappa shape index (κ1) is 22.9. The molecule has 0 radical (unpaired) electrons. The van der Waals surface area contributed by atoms with Gasteiger partial charge in [0.1, 0.15) is 11.6 Å². The van der Waals surface area contributed by atoms with Crippen LogP contribution < -0.4 is 16.0 Å². The molecule has 0 atom stereocenters. The molecule has 0 aliphatic rings. The number of halogens is 1. The number of carbonyl (C=O) groups excluding carboxylic acids is 2. The van der Waals surface area contributed by atoms with Crippen LogP contribution in [0.4, 0.5) is 27.3 Å². The second-order valence-corrected chi connectivity index (χ2v) is 8.06. The van der Waals surface area contributed by atoms with Gasteiger partial charge in [-0.25, -0.2) is 14.4 Å². The molecule has 4 rings (SSSR count). The molecule has 0 unspecified atom stereocenters. The first-order chi connectivity index (χ1) is 16.5. The quantitative estimate of drug-likeness (QED) is 0.181. The molecule has 2 amide bonds. The summed E-state index contributed by atoms with van der Waals surface area (Å²) in [4.78, 5) is 33.0. The third-order valence-electron chi connectivity index (χ3n) is 4.60. The molecular formula is C25H20FN5O2S. The van der Waals surface area contributed by atoms with Crippen molar-refractivity contribution in [2.75, 3.05) is 21.7 Å². The van der Waals surface area contributed by atoms with Crippen molar-refractivity contribution in [2.24, 2.45) is 0 Å². The van der Waals surface area contributed by atoms with Gasteiger partial charge in [-0.1, -0.05) is 42.6 Å². The number of thioether (sulfide) groups is 1. The van der Waals surface area contributed by atoms with Gasteiger partial charge in [-0.2, -0.15) is 0 Å². The highest BCUT2D eigenvalue weighted by Crippen LogP contribution is 2.27. The van der Waals surface area contributed by atoms with Crippen LogP contribution in [0.15, 0.2) is 90.6 Å². The third-order valence-corrected chi connectivity index (χ3v) is 5.45. The third kappa shape index (κ3) is 5.96. The fourth-order valence-corrected chi connectivity index (χ4v) is 3.76. The predicted octanol–water partition coefficient (Wildman–Crippen LogP) is 5.37. The molecule has 3 N–H and O–H groups in total.